The Morgan fingerprint density at radius 3 is 2.62 bits per heavy atom. The number of halogens is 2. The molecule has 3 N–H and O–H groups in total. The van der Waals surface area contributed by atoms with Gasteiger partial charge in [0.1, 0.15) is 5.82 Å². The van der Waals surface area contributed by atoms with Gasteiger partial charge in [0.05, 0.1) is 15.7 Å². The number of nitrogens with two attached hydrogens (primary N) is 1. The SMILES string of the molecule is CC(C)(C)S(=O)(=O)NC(c1cnc(OC(N)=O)s1)c1ccc(F)cc1Cl. The lowest BCUT2D eigenvalue weighted by molar-refractivity contribution is 0.210. The van der Waals surface area contributed by atoms with Crippen molar-refractivity contribution >= 4 is 39.1 Å². The van der Waals surface area contributed by atoms with E-state index in [1.165, 1.54) is 39.1 Å². The number of hydrogen-bond acceptors (Lipinski definition) is 6. The van der Waals surface area contributed by atoms with Gasteiger partial charge in [0, 0.05) is 11.2 Å². The molecule has 1 aromatic heterocycles. The maximum absolute atomic E-state index is 13.4. The number of nitrogens with zero attached hydrogens (tertiary/aromatic N) is 1. The lowest BCUT2D eigenvalue weighted by atomic mass is 10.1. The van der Waals surface area contributed by atoms with E-state index in [9.17, 15) is 17.6 Å². The number of sulfonamides is 1. The number of hydrogen-bond donors (Lipinski definition) is 2. The van der Waals surface area contributed by atoms with Gasteiger partial charge >= 0.3 is 6.09 Å². The smallest absolute Gasteiger partial charge is 0.381 e. The van der Waals surface area contributed by atoms with E-state index in [2.05, 4.69) is 9.71 Å². The molecule has 2 rings (SSSR count). The largest absolute Gasteiger partial charge is 0.411 e. The Kier molecular flexibility index (Phi) is 5.91. The van der Waals surface area contributed by atoms with Crippen LogP contribution in [0.5, 0.6) is 5.19 Å². The molecule has 1 atom stereocenters. The maximum atomic E-state index is 13.4. The van der Waals surface area contributed by atoms with Crippen molar-refractivity contribution in [3.63, 3.8) is 0 Å². The van der Waals surface area contributed by atoms with Crippen LogP contribution in [0.25, 0.3) is 0 Å². The minimum atomic E-state index is -3.79. The number of benzene rings is 1. The molecule has 0 spiro atoms. The van der Waals surface area contributed by atoms with Crippen molar-refractivity contribution in [2.45, 2.75) is 31.6 Å². The Hall–Kier alpha value is -1.75. The number of rotatable bonds is 5. The van der Waals surface area contributed by atoms with Crippen LogP contribution in [0.2, 0.25) is 5.02 Å². The normalized spacial score (nSPS) is 13.4. The molecular formula is C15H17ClFN3O4S2. The second-order valence-corrected chi connectivity index (χ2v) is 10.2. The number of amides is 1. The van der Waals surface area contributed by atoms with Crippen LogP contribution >= 0.6 is 22.9 Å². The molecule has 2 aromatic rings. The summed E-state index contributed by atoms with van der Waals surface area (Å²) < 4.78 is 44.8. The highest BCUT2D eigenvalue weighted by Gasteiger charge is 2.34. The lowest BCUT2D eigenvalue weighted by Gasteiger charge is -2.25. The van der Waals surface area contributed by atoms with Crippen LogP contribution in [0.1, 0.15) is 37.3 Å². The van der Waals surface area contributed by atoms with Gasteiger partial charge in [-0.15, -0.1) is 0 Å². The molecule has 0 fully saturated rings. The zero-order chi connectivity index (χ0) is 19.7. The fraction of sp³-hybridized carbons (Fsp3) is 0.333. The Bertz CT molecular complexity index is 925. The molecule has 142 valence electrons. The number of nitrogens with one attached hydrogen (secondary N) is 1. The van der Waals surface area contributed by atoms with E-state index >= 15 is 0 Å². The van der Waals surface area contributed by atoms with Gasteiger partial charge in [-0.25, -0.2) is 27.3 Å². The monoisotopic (exact) mass is 421 g/mol. The molecule has 0 aliphatic heterocycles. The van der Waals surface area contributed by atoms with Gasteiger partial charge in [0.15, 0.2) is 0 Å². The topological polar surface area (TPSA) is 111 Å². The van der Waals surface area contributed by atoms with E-state index in [1.54, 1.807) is 0 Å². The highest BCUT2D eigenvalue weighted by molar-refractivity contribution is 7.90. The second kappa shape index (κ2) is 7.47. The van der Waals surface area contributed by atoms with E-state index in [1.807, 2.05) is 0 Å². The Balaban J connectivity index is 2.52. The Morgan fingerprint density at radius 1 is 1.42 bits per heavy atom. The van der Waals surface area contributed by atoms with Crippen molar-refractivity contribution in [1.29, 1.82) is 0 Å². The van der Waals surface area contributed by atoms with Gasteiger partial charge in [-0.3, -0.25) is 0 Å². The lowest BCUT2D eigenvalue weighted by Crippen LogP contribution is -2.41. The first-order chi connectivity index (χ1) is 11.9. The summed E-state index contributed by atoms with van der Waals surface area (Å²) in [6.07, 6.45) is 0.288. The molecule has 7 nitrogen and oxygen atoms in total. The van der Waals surface area contributed by atoms with Crippen LogP contribution in [0.4, 0.5) is 9.18 Å². The highest BCUT2D eigenvalue weighted by atomic mass is 35.5. The number of carbonyl (C=O) groups is 1. The average Bonchev–Trinajstić information content (AvgIpc) is 2.91. The summed E-state index contributed by atoms with van der Waals surface area (Å²) in [6, 6.07) is 2.68. The fourth-order valence-electron chi connectivity index (χ4n) is 1.88. The van der Waals surface area contributed by atoms with Gasteiger partial charge in [0.25, 0.3) is 5.19 Å². The summed E-state index contributed by atoms with van der Waals surface area (Å²) in [4.78, 5) is 15.1. The summed E-state index contributed by atoms with van der Waals surface area (Å²) in [6.45, 7) is 4.60. The molecule has 1 unspecified atom stereocenters. The van der Waals surface area contributed by atoms with Gasteiger partial charge in [-0.05, 0) is 38.5 Å². The van der Waals surface area contributed by atoms with Gasteiger partial charge < -0.3 is 10.5 Å². The fourth-order valence-corrected chi connectivity index (χ4v) is 3.99. The minimum Gasteiger partial charge on any atom is -0.381 e. The van der Waals surface area contributed by atoms with Crippen LogP contribution in [-0.4, -0.2) is 24.2 Å². The second-order valence-electron chi connectivity index (χ2n) is 6.28. The summed E-state index contributed by atoms with van der Waals surface area (Å²) >= 11 is 7.03. The summed E-state index contributed by atoms with van der Waals surface area (Å²) in [7, 11) is -3.79. The van der Waals surface area contributed by atoms with Gasteiger partial charge in [-0.1, -0.05) is 29.0 Å². The van der Waals surface area contributed by atoms with Crippen molar-refractivity contribution in [3.05, 3.63) is 45.7 Å². The highest BCUT2D eigenvalue weighted by Crippen LogP contribution is 2.35. The van der Waals surface area contributed by atoms with E-state index in [0.717, 1.165) is 17.4 Å². The molecule has 1 amide bonds. The van der Waals surface area contributed by atoms with Gasteiger partial charge in [-0.2, -0.15) is 0 Å². The molecule has 11 heteroatoms. The van der Waals surface area contributed by atoms with Crippen LogP contribution in [-0.2, 0) is 10.0 Å². The Morgan fingerprint density at radius 2 is 2.08 bits per heavy atom. The molecular weight excluding hydrogens is 405 g/mol. The summed E-state index contributed by atoms with van der Waals surface area (Å²) in [5.41, 5.74) is 5.28. The maximum Gasteiger partial charge on any atom is 0.411 e. The van der Waals surface area contributed by atoms with Crippen molar-refractivity contribution in [2.24, 2.45) is 5.73 Å². The minimum absolute atomic E-state index is 0.0392. The number of aromatic nitrogens is 1. The van der Waals surface area contributed by atoms with E-state index in [-0.39, 0.29) is 10.2 Å². The van der Waals surface area contributed by atoms with Crippen LogP contribution < -0.4 is 15.2 Å². The van der Waals surface area contributed by atoms with Crippen LogP contribution in [0, 0.1) is 5.82 Å². The standard InChI is InChI=1S/C15H17ClFN3O4S2/c1-15(2,3)26(22,23)20-12(9-5-4-8(17)6-10(9)16)11-7-19-14(25-11)24-13(18)21/h4-7,12,20H,1-3H3,(H2,18,21). The third-order valence-corrected chi connectivity index (χ3v) is 6.75. The predicted octanol–water partition coefficient (Wildman–Crippen LogP) is 3.20. The van der Waals surface area contributed by atoms with Crippen molar-refractivity contribution in [3.8, 4) is 5.19 Å². The van der Waals surface area contributed by atoms with Crippen molar-refractivity contribution < 1.29 is 22.3 Å². The van der Waals surface area contributed by atoms with Crippen molar-refractivity contribution in [2.75, 3.05) is 0 Å². The zero-order valence-corrected chi connectivity index (χ0v) is 16.5. The molecule has 26 heavy (non-hydrogen) atoms. The molecule has 1 heterocycles. The van der Waals surface area contributed by atoms with Crippen molar-refractivity contribution in [1.82, 2.24) is 9.71 Å². The number of carbonyl (C=O) groups excluding carboxylic acids is 1. The molecule has 0 saturated heterocycles. The van der Waals surface area contributed by atoms with E-state index in [0.29, 0.717) is 10.4 Å². The van der Waals surface area contributed by atoms with Gasteiger partial charge in [0.2, 0.25) is 10.0 Å². The molecule has 0 aliphatic rings. The summed E-state index contributed by atoms with van der Waals surface area (Å²) in [5.74, 6) is -0.557. The van der Waals surface area contributed by atoms with E-state index in [4.69, 9.17) is 22.1 Å². The molecule has 0 radical (unpaired) electrons. The third kappa shape index (κ3) is 4.70. The molecule has 0 aliphatic carbocycles. The first-order valence-electron chi connectivity index (χ1n) is 7.30. The third-order valence-electron chi connectivity index (χ3n) is 3.33. The van der Waals surface area contributed by atoms with Crippen LogP contribution in [0.3, 0.4) is 0 Å². The zero-order valence-electron chi connectivity index (χ0n) is 14.1. The van der Waals surface area contributed by atoms with E-state index < -0.39 is 32.7 Å². The number of ether oxygens (including phenoxy) is 1. The summed E-state index contributed by atoms with van der Waals surface area (Å²) in [5, 5.41) is -0.0110. The number of primary amides is 1. The first kappa shape index (κ1) is 20.6. The Labute approximate surface area is 159 Å². The quantitative estimate of drug-likeness (QED) is 0.769. The number of thiazole rings is 1. The molecule has 1 aromatic carbocycles. The molecule has 0 bridgehead atoms. The molecule has 0 saturated carbocycles. The van der Waals surface area contributed by atoms with Crippen LogP contribution in [0.15, 0.2) is 24.4 Å². The predicted molar refractivity (Wildman–Crippen MR) is 97.4 cm³/mol. The first-order valence-corrected chi connectivity index (χ1v) is 9.98. The average molecular weight is 422 g/mol.